The number of benzene rings is 1. The van der Waals surface area contributed by atoms with Crippen molar-refractivity contribution in [1.82, 2.24) is 20.4 Å². The van der Waals surface area contributed by atoms with E-state index in [0.717, 1.165) is 25.6 Å². The van der Waals surface area contributed by atoms with Gasteiger partial charge >= 0.3 is 0 Å². The summed E-state index contributed by atoms with van der Waals surface area (Å²) in [4.78, 5) is 9.70. The molecule has 1 aliphatic heterocycles. The van der Waals surface area contributed by atoms with Gasteiger partial charge in [0.05, 0.1) is 6.54 Å². The minimum absolute atomic E-state index is 0.714. The van der Waals surface area contributed by atoms with Gasteiger partial charge in [-0.2, -0.15) is 0 Å². The average molecular weight is 317 g/mol. The Kier molecular flexibility index (Phi) is 7.90. The maximum absolute atomic E-state index is 4.66. The Labute approximate surface area is 140 Å². The Morgan fingerprint density at radius 2 is 1.70 bits per heavy atom. The fourth-order valence-corrected chi connectivity index (χ4v) is 2.76. The molecule has 0 spiro atoms. The summed E-state index contributed by atoms with van der Waals surface area (Å²) in [7, 11) is 0. The number of rotatable bonds is 7. The van der Waals surface area contributed by atoms with Crippen LogP contribution in [0.3, 0.4) is 0 Å². The molecule has 0 unspecified atom stereocenters. The Bertz CT molecular complexity index is 452. The lowest BCUT2D eigenvalue weighted by Crippen LogP contribution is -2.49. The fourth-order valence-electron chi connectivity index (χ4n) is 2.76. The van der Waals surface area contributed by atoms with Crippen LogP contribution >= 0.6 is 0 Å². The monoisotopic (exact) mass is 317 g/mol. The molecule has 0 atom stereocenters. The number of aliphatic imine (C=N–C) groups is 1. The average Bonchev–Trinajstić information content (AvgIpc) is 2.61. The number of hydrogen-bond donors (Lipinski definition) is 2. The van der Waals surface area contributed by atoms with Crippen LogP contribution < -0.4 is 10.6 Å². The van der Waals surface area contributed by atoms with Crippen LogP contribution in [0.25, 0.3) is 0 Å². The molecule has 0 saturated carbocycles. The van der Waals surface area contributed by atoms with E-state index in [9.17, 15) is 0 Å². The highest BCUT2D eigenvalue weighted by Crippen LogP contribution is 2.01. The van der Waals surface area contributed by atoms with Crippen LogP contribution in [0, 0.1) is 0 Å². The summed E-state index contributed by atoms with van der Waals surface area (Å²) in [6.07, 6.45) is 0. The van der Waals surface area contributed by atoms with Crippen molar-refractivity contribution in [2.24, 2.45) is 4.99 Å². The van der Waals surface area contributed by atoms with Crippen LogP contribution in [-0.2, 0) is 6.54 Å². The fraction of sp³-hybridized carbons (Fsp3) is 0.611. The molecule has 2 rings (SSSR count). The highest BCUT2D eigenvalue weighted by atomic mass is 15.3. The molecule has 0 bridgehead atoms. The first-order valence-electron chi connectivity index (χ1n) is 8.82. The first kappa shape index (κ1) is 17.8. The van der Waals surface area contributed by atoms with Crippen LogP contribution in [0.5, 0.6) is 0 Å². The minimum atomic E-state index is 0.714. The highest BCUT2D eigenvalue weighted by Gasteiger charge is 2.14. The minimum Gasteiger partial charge on any atom is -0.357 e. The van der Waals surface area contributed by atoms with Gasteiger partial charge in [-0.25, -0.2) is 4.99 Å². The van der Waals surface area contributed by atoms with Crippen molar-refractivity contribution in [3.05, 3.63) is 35.9 Å². The Balaban J connectivity index is 1.72. The first-order chi connectivity index (χ1) is 11.3. The number of likely N-dealkylation sites (N-methyl/N-ethyl adjacent to an activating group) is 1. The largest absolute Gasteiger partial charge is 0.357 e. The molecule has 23 heavy (non-hydrogen) atoms. The second-order valence-electron chi connectivity index (χ2n) is 5.88. The summed E-state index contributed by atoms with van der Waals surface area (Å²) in [5, 5.41) is 6.77. The van der Waals surface area contributed by atoms with Gasteiger partial charge in [0.2, 0.25) is 0 Å². The maximum atomic E-state index is 4.66. The molecule has 0 radical (unpaired) electrons. The van der Waals surface area contributed by atoms with Gasteiger partial charge in [0, 0.05) is 45.8 Å². The number of nitrogens with one attached hydrogen (secondary N) is 2. The van der Waals surface area contributed by atoms with Crippen molar-refractivity contribution in [3.8, 4) is 0 Å². The molecule has 5 nitrogen and oxygen atoms in total. The lowest BCUT2D eigenvalue weighted by Gasteiger charge is -2.34. The van der Waals surface area contributed by atoms with E-state index in [4.69, 9.17) is 0 Å². The lowest BCUT2D eigenvalue weighted by atomic mass is 10.2. The molecule has 128 valence electrons. The molecule has 1 fully saturated rings. The van der Waals surface area contributed by atoms with Crippen molar-refractivity contribution in [2.45, 2.75) is 20.4 Å². The number of nitrogens with zero attached hydrogens (tertiary/aromatic N) is 3. The van der Waals surface area contributed by atoms with Gasteiger partial charge in [0.25, 0.3) is 0 Å². The molecule has 1 heterocycles. The summed E-state index contributed by atoms with van der Waals surface area (Å²) in [5.74, 6) is 0.906. The Hall–Kier alpha value is -1.59. The van der Waals surface area contributed by atoms with E-state index >= 15 is 0 Å². The van der Waals surface area contributed by atoms with Crippen LogP contribution in [0.2, 0.25) is 0 Å². The topological polar surface area (TPSA) is 42.9 Å². The quantitative estimate of drug-likeness (QED) is 0.589. The smallest absolute Gasteiger partial charge is 0.191 e. The SMILES string of the molecule is CCNC(=NCc1ccccc1)NCCN1CCN(CC)CC1. The van der Waals surface area contributed by atoms with Crippen LogP contribution in [0.4, 0.5) is 0 Å². The van der Waals surface area contributed by atoms with E-state index in [2.05, 4.69) is 63.5 Å². The summed E-state index contributed by atoms with van der Waals surface area (Å²) < 4.78 is 0. The highest BCUT2D eigenvalue weighted by molar-refractivity contribution is 5.79. The molecule has 1 saturated heterocycles. The summed E-state index contributed by atoms with van der Waals surface area (Å²) in [5.41, 5.74) is 1.24. The van der Waals surface area contributed by atoms with Crippen LogP contribution in [0.1, 0.15) is 19.4 Å². The van der Waals surface area contributed by atoms with E-state index in [-0.39, 0.29) is 0 Å². The van der Waals surface area contributed by atoms with Gasteiger partial charge in [0.1, 0.15) is 0 Å². The predicted molar refractivity (Wildman–Crippen MR) is 97.8 cm³/mol. The zero-order chi connectivity index (χ0) is 16.3. The molecule has 0 aliphatic carbocycles. The second-order valence-corrected chi connectivity index (χ2v) is 5.88. The molecule has 1 aliphatic rings. The number of piperazine rings is 1. The number of hydrogen-bond acceptors (Lipinski definition) is 3. The lowest BCUT2D eigenvalue weighted by molar-refractivity contribution is 0.139. The van der Waals surface area contributed by atoms with Gasteiger partial charge in [0.15, 0.2) is 5.96 Å². The molecule has 1 aromatic carbocycles. The third kappa shape index (κ3) is 6.59. The van der Waals surface area contributed by atoms with Gasteiger partial charge in [-0.1, -0.05) is 37.3 Å². The van der Waals surface area contributed by atoms with Crippen LogP contribution in [-0.4, -0.2) is 68.1 Å². The molecular weight excluding hydrogens is 286 g/mol. The van der Waals surface area contributed by atoms with E-state index < -0.39 is 0 Å². The maximum Gasteiger partial charge on any atom is 0.191 e. The van der Waals surface area contributed by atoms with E-state index in [1.165, 1.54) is 38.3 Å². The molecular formula is C18H31N5. The second kappa shape index (κ2) is 10.2. The standard InChI is InChI=1S/C18H31N5/c1-3-19-18(21-16-17-8-6-5-7-9-17)20-10-11-23-14-12-22(4-2)13-15-23/h5-9H,3-4,10-16H2,1-2H3,(H2,19,20,21). The summed E-state index contributed by atoms with van der Waals surface area (Å²) in [6.45, 7) is 13.9. The van der Waals surface area contributed by atoms with Crippen LogP contribution in [0.15, 0.2) is 35.3 Å². The van der Waals surface area contributed by atoms with Gasteiger partial charge < -0.3 is 15.5 Å². The molecule has 0 amide bonds. The van der Waals surface area contributed by atoms with Gasteiger partial charge in [-0.05, 0) is 19.0 Å². The molecule has 0 aromatic heterocycles. The Morgan fingerprint density at radius 1 is 1.00 bits per heavy atom. The summed E-state index contributed by atoms with van der Waals surface area (Å²) in [6, 6.07) is 10.4. The van der Waals surface area contributed by atoms with Crippen molar-refractivity contribution < 1.29 is 0 Å². The van der Waals surface area contributed by atoms with E-state index in [0.29, 0.717) is 6.54 Å². The third-order valence-corrected chi connectivity index (χ3v) is 4.24. The van der Waals surface area contributed by atoms with Gasteiger partial charge in [-0.15, -0.1) is 0 Å². The normalized spacial score (nSPS) is 17.2. The van der Waals surface area contributed by atoms with Crippen molar-refractivity contribution in [3.63, 3.8) is 0 Å². The molecule has 1 aromatic rings. The Morgan fingerprint density at radius 3 is 2.35 bits per heavy atom. The van der Waals surface area contributed by atoms with Gasteiger partial charge in [-0.3, -0.25) is 4.90 Å². The zero-order valence-electron chi connectivity index (χ0n) is 14.6. The van der Waals surface area contributed by atoms with E-state index in [1.807, 2.05) is 6.07 Å². The molecule has 5 heteroatoms. The van der Waals surface area contributed by atoms with Crippen molar-refractivity contribution >= 4 is 5.96 Å². The zero-order valence-corrected chi connectivity index (χ0v) is 14.6. The van der Waals surface area contributed by atoms with Crippen molar-refractivity contribution in [1.29, 1.82) is 0 Å². The predicted octanol–water partition coefficient (Wildman–Crippen LogP) is 1.38. The summed E-state index contributed by atoms with van der Waals surface area (Å²) >= 11 is 0. The number of guanidine groups is 1. The molecule has 2 N–H and O–H groups in total. The first-order valence-corrected chi connectivity index (χ1v) is 8.82. The van der Waals surface area contributed by atoms with Crippen molar-refractivity contribution in [2.75, 3.05) is 52.4 Å². The van der Waals surface area contributed by atoms with E-state index in [1.54, 1.807) is 0 Å². The third-order valence-electron chi connectivity index (χ3n) is 4.24.